The summed E-state index contributed by atoms with van der Waals surface area (Å²) in [6.07, 6.45) is 0. The lowest BCUT2D eigenvalue weighted by Gasteiger charge is -2.41. The molecule has 0 spiro atoms. The van der Waals surface area contributed by atoms with E-state index in [4.69, 9.17) is 0 Å². The van der Waals surface area contributed by atoms with Crippen LogP contribution in [-0.4, -0.2) is 12.6 Å². The van der Waals surface area contributed by atoms with Gasteiger partial charge in [0, 0.05) is 31.4 Å². The van der Waals surface area contributed by atoms with E-state index in [1.165, 1.54) is 124 Å². The largest absolute Gasteiger partial charge is 0.309 e. The predicted molar refractivity (Wildman–Crippen MR) is 292 cm³/mol. The van der Waals surface area contributed by atoms with Gasteiger partial charge in [0.25, 0.3) is 0 Å². The topological polar surface area (TPSA) is 4.93 Å². The average Bonchev–Trinajstić information content (AvgIpc) is 3.85. The van der Waals surface area contributed by atoms with Crippen molar-refractivity contribution in [1.29, 1.82) is 0 Å². The molecule has 1 unspecified atom stereocenters. The molecule has 12 aromatic rings. The summed E-state index contributed by atoms with van der Waals surface area (Å²) < 4.78 is 2.54. The van der Waals surface area contributed by atoms with Gasteiger partial charge in [-0.25, -0.2) is 0 Å². The quantitative estimate of drug-likeness (QED) is 0.156. The van der Waals surface area contributed by atoms with Gasteiger partial charge in [-0.2, -0.15) is 0 Å². The molecule has 0 radical (unpaired) electrons. The Morgan fingerprint density at radius 3 is 1.78 bits per heavy atom. The van der Waals surface area contributed by atoms with Gasteiger partial charge in [-0.1, -0.05) is 232 Å². The summed E-state index contributed by atoms with van der Waals surface area (Å²) in [5.74, 6) is 0. The predicted octanol–water partition coefficient (Wildman–Crippen LogP) is 14.6. The Kier molecular flexibility index (Phi) is 8.65. The lowest BCUT2D eigenvalue weighted by atomic mass is 9.81. The minimum atomic E-state index is -3.20. The first-order valence-electron chi connectivity index (χ1n) is 23.8. The lowest BCUT2D eigenvalue weighted by molar-refractivity contribution is 0.660. The van der Waals surface area contributed by atoms with Crippen LogP contribution in [0.15, 0.2) is 246 Å². The Bertz CT molecular complexity index is 3980. The smallest absolute Gasteiger partial charge is 0.182 e. The summed E-state index contributed by atoms with van der Waals surface area (Å²) in [6, 6.07) is 90.0. The van der Waals surface area contributed by atoms with E-state index in [-0.39, 0.29) is 5.41 Å². The molecule has 2 heterocycles. The van der Waals surface area contributed by atoms with Gasteiger partial charge in [0.2, 0.25) is 0 Å². The number of nitrogens with zero attached hydrogens (tertiary/aromatic N) is 1. The fraction of sp³-hybridized carbons (Fsp3) is 0.0462. The van der Waals surface area contributed by atoms with Gasteiger partial charge in [-0.15, -0.1) is 0 Å². The summed E-state index contributed by atoms with van der Waals surface area (Å²) >= 11 is 1.96. The van der Waals surface area contributed by atoms with Gasteiger partial charge in [-0.05, 0) is 112 Å². The fourth-order valence-corrected chi connectivity index (χ4v) is 19.6. The zero-order valence-corrected chi connectivity index (χ0v) is 39.7. The highest BCUT2D eigenvalue weighted by Gasteiger charge is 2.49. The van der Waals surface area contributed by atoms with Crippen LogP contribution >= 0.6 is 11.8 Å². The first-order chi connectivity index (χ1) is 33.5. The van der Waals surface area contributed by atoms with Crippen molar-refractivity contribution in [2.45, 2.75) is 29.1 Å². The molecule has 2 aliphatic rings. The average molecular weight is 900 g/mol. The minimum absolute atomic E-state index is 0.104. The molecule has 1 aliphatic carbocycles. The minimum Gasteiger partial charge on any atom is -0.309 e. The zero-order chi connectivity index (χ0) is 45.1. The first kappa shape index (κ1) is 39.5. The van der Waals surface area contributed by atoms with Crippen LogP contribution in [0.1, 0.15) is 25.0 Å². The molecule has 0 saturated heterocycles. The van der Waals surface area contributed by atoms with Crippen molar-refractivity contribution < 1.29 is 0 Å². The maximum absolute atomic E-state index is 3.20. The van der Waals surface area contributed by atoms with Crippen LogP contribution in [0.2, 0.25) is 0 Å². The van der Waals surface area contributed by atoms with Crippen molar-refractivity contribution in [3.8, 4) is 39.1 Å². The number of fused-ring (bicyclic) bond motifs is 10. The van der Waals surface area contributed by atoms with Crippen LogP contribution in [0, 0.1) is 0 Å². The molecular weight excluding hydrogens is 855 g/mol. The Hall–Kier alpha value is -7.69. The van der Waals surface area contributed by atoms with Crippen LogP contribution < -0.4 is 20.7 Å². The van der Waals surface area contributed by atoms with Crippen LogP contribution in [0.5, 0.6) is 0 Å². The molecule has 0 saturated carbocycles. The van der Waals surface area contributed by atoms with E-state index in [9.17, 15) is 0 Å². The molecule has 0 fully saturated rings. The first-order valence-corrected chi connectivity index (χ1v) is 26.6. The zero-order valence-electron chi connectivity index (χ0n) is 37.9. The standard InChI is InChI=1S/C65H45NSSi/c1-65(2)54-27-8-5-22-50(54)51-40-37-45(41-55(51)65)49-26-16-34-62-64(49)67-59-31-11-12-32-60(59)68(62,46-38-35-43(36-39-46)48-25-13-18-42-17-3-4-21-47(42)48)61-33-15-20-44-19-14-30-58(63(44)61)66-56-28-9-6-23-52(56)53-24-7-10-29-57(53)66/h3-41H,1-2H3. The molecule has 0 bridgehead atoms. The highest BCUT2D eigenvalue weighted by molar-refractivity contribution is 8.00. The van der Waals surface area contributed by atoms with Crippen molar-refractivity contribution in [2.24, 2.45) is 0 Å². The molecule has 1 aromatic heterocycles. The Morgan fingerprint density at radius 2 is 0.956 bits per heavy atom. The molecule has 11 aromatic carbocycles. The number of rotatable bonds is 5. The summed E-state index contributed by atoms with van der Waals surface area (Å²) in [5, 5.41) is 13.3. The van der Waals surface area contributed by atoms with Crippen LogP contribution in [0.3, 0.4) is 0 Å². The molecule has 14 rings (SSSR count). The Morgan fingerprint density at radius 1 is 0.397 bits per heavy atom. The number of hydrogen-bond donors (Lipinski definition) is 0. The van der Waals surface area contributed by atoms with E-state index < -0.39 is 8.07 Å². The third kappa shape index (κ3) is 5.52. The third-order valence-electron chi connectivity index (χ3n) is 15.3. The highest BCUT2D eigenvalue weighted by atomic mass is 32.2. The van der Waals surface area contributed by atoms with Crippen molar-refractivity contribution in [3.63, 3.8) is 0 Å². The summed E-state index contributed by atoms with van der Waals surface area (Å²) in [7, 11) is -3.20. The van der Waals surface area contributed by atoms with E-state index in [1.54, 1.807) is 0 Å². The van der Waals surface area contributed by atoms with E-state index in [0.29, 0.717) is 0 Å². The fourth-order valence-electron chi connectivity index (χ4n) is 12.3. The van der Waals surface area contributed by atoms with Crippen molar-refractivity contribution in [3.05, 3.63) is 248 Å². The molecule has 1 aliphatic heterocycles. The van der Waals surface area contributed by atoms with E-state index in [1.807, 2.05) is 11.8 Å². The molecule has 320 valence electrons. The van der Waals surface area contributed by atoms with Crippen molar-refractivity contribution >= 4 is 83.9 Å². The SMILES string of the molecule is CC1(C)c2ccccc2-c2ccc(-c3cccc4c3Sc3ccccc3[Si]4(c3ccc(-c4cccc5ccccc45)cc3)c3cccc4cccc(-n5c6ccccc6c6ccccc65)c34)cc21. The second-order valence-corrected chi connectivity index (χ2v) is 23.9. The second kappa shape index (κ2) is 14.9. The summed E-state index contributed by atoms with van der Waals surface area (Å²) in [5.41, 5.74) is 14.1. The van der Waals surface area contributed by atoms with Crippen LogP contribution in [0.25, 0.3) is 82.4 Å². The van der Waals surface area contributed by atoms with E-state index in [2.05, 4.69) is 255 Å². The van der Waals surface area contributed by atoms with Crippen LogP contribution in [0.4, 0.5) is 0 Å². The Labute approximate surface area is 402 Å². The molecule has 1 atom stereocenters. The number of aromatic nitrogens is 1. The summed E-state index contributed by atoms with van der Waals surface area (Å²) in [4.78, 5) is 2.69. The number of para-hydroxylation sites is 2. The molecule has 3 heteroatoms. The number of hydrogen-bond acceptors (Lipinski definition) is 1. The van der Waals surface area contributed by atoms with Gasteiger partial charge in [0.05, 0.1) is 16.7 Å². The van der Waals surface area contributed by atoms with Crippen molar-refractivity contribution in [1.82, 2.24) is 4.57 Å². The van der Waals surface area contributed by atoms with Gasteiger partial charge in [-0.3, -0.25) is 0 Å². The third-order valence-corrected chi connectivity index (χ3v) is 21.8. The Balaban J connectivity index is 1.09. The van der Waals surface area contributed by atoms with Crippen LogP contribution in [-0.2, 0) is 5.41 Å². The number of benzene rings is 11. The molecule has 0 N–H and O–H groups in total. The molecular formula is C65H45NSSi. The van der Waals surface area contributed by atoms with E-state index >= 15 is 0 Å². The van der Waals surface area contributed by atoms with Crippen molar-refractivity contribution in [2.75, 3.05) is 0 Å². The molecule has 68 heavy (non-hydrogen) atoms. The van der Waals surface area contributed by atoms with E-state index in [0.717, 1.165) is 0 Å². The molecule has 1 nitrogen and oxygen atoms in total. The highest BCUT2D eigenvalue weighted by Crippen LogP contribution is 2.50. The molecule has 0 amide bonds. The van der Waals surface area contributed by atoms with Gasteiger partial charge in [0.15, 0.2) is 8.07 Å². The van der Waals surface area contributed by atoms with Gasteiger partial charge in [0.1, 0.15) is 0 Å². The lowest BCUT2D eigenvalue weighted by Crippen LogP contribution is -2.76. The maximum Gasteiger partial charge on any atom is 0.182 e. The maximum atomic E-state index is 2.54. The second-order valence-electron chi connectivity index (χ2n) is 19.1. The normalized spacial score (nSPS) is 15.6. The van der Waals surface area contributed by atoms with Gasteiger partial charge >= 0.3 is 0 Å². The monoisotopic (exact) mass is 899 g/mol. The summed E-state index contributed by atoms with van der Waals surface area (Å²) in [6.45, 7) is 4.78. The van der Waals surface area contributed by atoms with Gasteiger partial charge < -0.3 is 4.57 Å².